The second-order valence-electron chi connectivity index (χ2n) is 9.14. The molecule has 7 rings (SSSR count). The van der Waals surface area contributed by atoms with E-state index in [1.165, 1.54) is 55.0 Å². The summed E-state index contributed by atoms with van der Waals surface area (Å²) >= 11 is 6.10. The Hall–Kier alpha value is -4.33. The summed E-state index contributed by atoms with van der Waals surface area (Å²) in [7, 11) is 0. The number of halogens is 1. The fourth-order valence-electron chi connectivity index (χ4n) is 5.38. The maximum absolute atomic E-state index is 6.10. The molecule has 1 nitrogen and oxygen atoms in total. The molecule has 0 atom stereocenters. The lowest BCUT2D eigenvalue weighted by Crippen LogP contribution is -1.99. The van der Waals surface area contributed by atoms with Crippen LogP contribution in [0.2, 0.25) is 5.02 Å². The average Bonchev–Trinajstić information content (AvgIpc) is 3.27. The first kappa shape index (κ1) is 21.0. The number of aromatic nitrogens is 1. The van der Waals surface area contributed by atoms with Crippen LogP contribution in [0.25, 0.3) is 60.5 Å². The number of benzene rings is 6. The smallest absolute Gasteiger partial charge is 0.0618 e. The molecule has 6 aromatic carbocycles. The minimum absolute atomic E-state index is 0.752. The Morgan fingerprint density at radius 3 is 1.56 bits per heavy atom. The first-order valence-electron chi connectivity index (χ1n) is 12.1. The zero-order valence-electron chi connectivity index (χ0n) is 19.5. The van der Waals surface area contributed by atoms with Gasteiger partial charge in [0.1, 0.15) is 0 Å². The summed E-state index contributed by atoms with van der Waals surface area (Å²) in [5.41, 5.74) is 8.38. The molecule has 0 bridgehead atoms. The normalized spacial score (nSPS) is 11.5. The second-order valence-corrected chi connectivity index (χ2v) is 9.57. The fourth-order valence-corrected chi connectivity index (χ4v) is 5.50. The highest BCUT2D eigenvalue weighted by molar-refractivity contribution is 6.30. The lowest BCUT2D eigenvalue weighted by Gasteiger charge is -2.17. The summed E-state index contributed by atoms with van der Waals surface area (Å²) < 4.78 is 2.44. The van der Waals surface area contributed by atoms with Crippen LogP contribution in [0, 0.1) is 0 Å². The fraction of sp³-hybridized carbons (Fsp3) is 0. The van der Waals surface area contributed by atoms with Crippen LogP contribution in [-0.2, 0) is 0 Å². The van der Waals surface area contributed by atoms with Crippen LogP contribution in [-0.4, -0.2) is 4.57 Å². The van der Waals surface area contributed by atoms with Gasteiger partial charge in [-0.2, -0.15) is 0 Å². The van der Waals surface area contributed by atoms with Crippen molar-refractivity contribution >= 4 is 44.2 Å². The van der Waals surface area contributed by atoms with E-state index in [9.17, 15) is 0 Å². The monoisotopic (exact) mass is 479 g/mol. The van der Waals surface area contributed by atoms with Gasteiger partial charge in [-0.25, -0.2) is 0 Å². The number of fused-ring (bicyclic) bond motifs is 4. The summed E-state index contributed by atoms with van der Waals surface area (Å²) in [6.45, 7) is 0. The maximum atomic E-state index is 6.10. The molecule has 7 aromatic rings. The zero-order chi connectivity index (χ0) is 24.1. The van der Waals surface area contributed by atoms with Gasteiger partial charge >= 0.3 is 0 Å². The van der Waals surface area contributed by atoms with E-state index in [4.69, 9.17) is 11.6 Å². The van der Waals surface area contributed by atoms with Crippen LogP contribution in [0.4, 0.5) is 0 Å². The predicted octanol–water partition coefficient (Wildman–Crippen LogP) is 9.92. The first-order chi connectivity index (χ1) is 17.8. The highest BCUT2D eigenvalue weighted by atomic mass is 35.5. The Morgan fingerprint density at radius 1 is 0.417 bits per heavy atom. The third-order valence-electron chi connectivity index (χ3n) is 7.08. The highest BCUT2D eigenvalue weighted by Gasteiger charge is 2.17. The molecule has 1 aromatic heterocycles. The molecule has 170 valence electrons. The maximum Gasteiger partial charge on any atom is 0.0618 e. The summed E-state index contributed by atoms with van der Waals surface area (Å²) in [5, 5.41) is 5.76. The minimum Gasteiger partial charge on any atom is -0.308 e. The molecule has 0 amide bonds. The number of hydrogen-bond donors (Lipinski definition) is 0. The molecule has 0 radical (unpaired) electrons. The average molecular weight is 480 g/mol. The lowest BCUT2D eigenvalue weighted by atomic mass is 9.96. The molecule has 0 saturated carbocycles. The SMILES string of the molecule is Clc1ccc(-c2ccc(-c3ccc4ccccc4c3-n3c4ccccc4c4ccccc43)cc2)cc1. The van der Waals surface area contributed by atoms with E-state index in [1.807, 2.05) is 12.1 Å². The van der Waals surface area contributed by atoms with Crippen LogP contribution < -0.4 is 0 Å². The van der Waals surface area contributed by atoms with Gasteiger partial charge in [0, 0.05) is 26.7 Å². The molecule has 0 unspecified atom stereocenters. The van der Waals surface area contributed by atoms with Gasteiger partial charge in [-0.3, -0.25) is 0 Å². The Morgan fingerprint density at radius 2 is 0.917 bits per heavy atom. The molecule has 0 aliphatic rings. The van der Waals surface area contributed by atoms with Gasteiger partial charge in [0.05, 0.1) is 16.7 Å². The van der Waals surface area contributed by atoms with Crippen molar-refractivity contribution in [3.05, 3.63) is 138 Å². The van der Waals surface area contributed by atoms with Crippen molar-refractivity contribution in [1.29, 1.82) is 0 Å². The summed E-state index contributed by atoms with van der Waals surface area (Å²) in [6, 6.07) is 47.4. The molecule has 0 N–H and O–H groups in total. The van der Waals surface area contributed by atoms with Crippen molar-refractivity contribution in [1.82, 2.24) is 4.57 Å². The quantitative estimate of drug-likeness (QED) is 0.237. The molecule has 0 spiro atoms. The van der Waals surface area contributed by atoms with E-state index in [-0.39, 0.29) is 0 Å². The third-order valence-corrected chi connectivity index (χ3v) is 7.33. The standard InChI is InChI=1S/C34H22ClN/c35-27-20-17-24(18-21-27)23-13-15-26(16-14-23)29-22-19-25-7-1-2-8-28(25)34(29)36-32-11-5-3-9-30(32)31-10-4-6-12-33(31)36/h1-22H. The molecule has 36 heavy (non-hydrogen) atoms. The summed E-state index contributed by atoms with van der Waals surface area (Å²) in [6.07, 6.45) is 0. The minimum atomic E-state index is 0.752. The molecule has 0 saturated heterocycles. The predicted molar refractivity (Wildman–Crippen MR) is 154 cm³/mol. The Kier molecular flexibility index (Phi) is 4.90. The van der Waals surface area contributed by atoms with Gasteiger partial charge in [0.2, 0.25) is 0 Å². The van der Waals surface area contributed by atoms with Crippen molar-refractivity contribution in [2.75, 3.05) is 0 Å². The van der Waals surface area contributed by atoms with Gasteiger partial charge in [0.25, 0.3) is 0 Å². The molecule has 0 aliphatic carbocycles. The Labute approximate surface area is 214 Å². The zero-order valence-corrected chi connectivity index (χ0v) is 20.3. The van der Waals surface area contributed by atoms with Gasteiger partial charge in [-0.1, -0.05) is 121 Å². The third kappa shape index (κ3) is 3.32. The second kappa shape index (κ2) is 8.41. The summed E-state index contributed by atoms with van der Waals surface area (Å²) in [5.74, 6) is 0. The largest absolute Gasteiger partial charge is 0.308 e. The molecule has 0 fully saturated rings. The number of nitrogens with zero attached hydrogens (tertiary/aromatic N) is 1. The Balaban J connectivity index is 1.51. The van der Waals surface area contributed by atoms with Crippen LogP contribution in [0.5, 0.6) is 0 Å². The summed E-state index contributed by atoms with van der Waals surface area (Å²) in [4.78, 5) is 0. The molecular formula is C34H22ClN. The van der Waals surface area contributed by atoms with E-state index in [0.717, 1.165) is 10.6 Å². The number of rotatable bonds is 3. The molecule has 0 aliphatic heterocycles. The number of para-hydroxylation sites is 2. The lowest BCUT2D eigenvalue weighted by molar-refractivity contribution is 1.20. The van der Waals surface area contributed by atoms with E-state index in [1.54, 1.807) is 0 Å². The van der Waals surface area contributed by atoms with E-state index < -0.39 is 0 Å². The van der Waals surface area contributed by atoms with Crippen molar-refractivity contribution in [3.8, 4) is 27.9 Å². The van der Waals surface area contributed by atoms with Crippen molar-refractivity contribution < 1.29 is 0 Å². The highest BCUT2D eigenvalue weighted by Crippen LogP contribution is 2.40. The van der Waals surface area contributed by atoms with Crippen molar-refractivity contribution in [2.45, 2.75) is 0 Å². The molecule has 1 heterocycles. The van der Waals surface area contributed by atoms with Crippen LogP contribution in [0.3, 0.4) is 0 Å². The van der Waals surface area contributed by atoms with Gasteiger partial charge < -0.3 is 4.57 Å². The van der Waals surface area contributed by atoms with Crippen molar-refractivity contribution in [3.63, 3.8) is 0 Å². The van der Waals surface area contributed by atoms with E-state index in [0.29, 0.717) is 0 Å². The van der Waals surface area contributed by atoms with E-state index >= 15 is 0 Å². The van der Waals surface area contributed by atoms with Crippen LogP contribution >= 0.6 is 11.6 Å². The molecule has 2 heteroatoms. The molecular weight excluding hydrogens is 458 g/mol. The Bertz CT molecular complexity index is 1820. The van der Waals surface area contributed by atoms with Gasteiger partial charge in [0.15, 0.2) is 0 Å². The van der Waals surface area contributed by atoms with Crippen molar-refractivity contribution in [2.24, 2.45) is 0 Å². The van der Waals surface area contributed by atoms with Crippen LogP contribution in [0.1, 0.15) is 0 Å². The van der Waals surface area contributed by atoms with Gasteiger partial charge in [-0.15, -0.1) is 0 Å². The first-order valence-corrected chi connectivity index (χ1v) is 12.5. The number of hydrogen-bond acceptors (Lipinski definition) is 0. The van der Waals surface area contributed by atoms with Gasteiger partial charge in [-0.05, 0) is 46.3 Å². The van der Waals surface area contributed by atoms with Crippen LogP contribution in [0.15, 0.2) is 133 Å². The van der Waals surface area contributed by atoms with E-state index in [2.05, 4.69) is 126 Å². The topological polar surface area (TPSA) is 4.93 Å².